The van der Waals surface area contributed by atoms with Gasteiger partial charge in [-0.1, -0.05) is 50.9 Å². The topological polar surface area (TPSA) is 55.1 Å². The van der Waals surface area contributed by atoms with Crippen molar-refractivity contribution in [2.75, 3.05) is 0 Å². The molecule has 1 unspecified atom stereocenters. The maximum Gasteiger partial charge on any atom is 0.237 e. The lowest BCUT2D eigenvalue weighted by atomic mass is 9.98. The summed E-state index contributed by atoms with van der Waals surface area (Å²) in [5.74, 6) is 0.0815. The fraction of sp³-hybridized carbons (Fsp3) is 0.533. The molecule has 0 heterocycles. The first-order valence-corrected chi connectivity index (χ1v) is 7.18. The van der Waals surface area contributed by atoms with Crippen LogP contribution in [0.15, 0.2) is 24.3 Å². The summed E-state index contributed by atoms with van der Waals surface area (Å²) < 4.78 is 0. The molecule has 0 bridgehead atoms. The number of hydrogen-bond donors (Lipinski definition) is 2. The van der Waals surface area contributed by atoms with Crippen LogP contribution in [0.3, 0.4) is 0 Å². The first-order valence-electron chi connectivity index (χ1n) is 6.81. The molecule has 0 aromatic heterocycles. The molecule has 1 aromatic rings. The molecular weight excluding hydrogens is 260 g/mol. The highest BCUT2D eigenvalue weighted by Crippen LogP contribution is 2.20. The lowest BCUT2D eigenvalue weighted by Crippen LogP contribution is -2.45. The van der Waals surface area contributed by atoms with E-state index in [9.17, 15) is 4.79 Å². The van der Waals surface area contributed by atoms with Gasteiger partial charge in [0.1, 0.15) is 0 Å². The monoisotopic (exact) mass is 282 g/mol. The third kappa shape index (κ3) is 4.51. The van der Waals surface area contributed by atoms with Crippen LogP contribution in [-0.2, 0) is 4.79 Å². The van der Waals surface area contributed by atoms with E-state index in [1.807, 2.05) is 45.0 Å². The van der Waals surface area contributed by atoms with Crippen LogP contribution in [0.1, 0.15) is 45.2 Å². The Morgan fingerprint density at radius 2 is 2.05 bits per heavy atom. The molecular formula is C15H23ClN2O. The molecule has 1 rings (SSSR count). The van der Waals surface area contributed by atoms with E-state index < -0.39 is 6.04 Å². The summed E-state index contributed by atoms with van der Waals surface area (Å²) in [7, 11) is 0. The van der Waals surface area contributed by atoms with Crippen molar-refractivity contribution in [3.63, 3.8) is 0 Å². The largest absolute Gasteiger partial charge is 0.348 e. The fourth-order valence-corrected chi connectivity index (χ4v) is 2.12. The zero-order valence-electron chi connectivity index (χ0n) is 11.8. The maximum absolute atomic E-state index is 12.1. The van der Waals surface area contributed by atoms with Gasteiger partial charge in [0.05, 0.1) is 12.1 Å². The average molecular weight is 283 g/mol. The van der Waals surface area contributed by atoms with E-state index in [4.69, 9.17) is 17.3 Å². The molecule has 3 nitrogen and oxygen atoms in total. The van der Waals surface area contributed by atoms with Gasteiger partial charge in [-0.05, 0) is 30.0 Å². The minimum absolute atomic E-state index is 0.0405. The van der Waals surface area contributed by atoms with Crippen LogP contribution in [0, 0.1) is 5.92 Å². The minimum Gasteiger partial charge on any atom is -0.348 e. The Balaban J connectivity index is 2.75. The molecule has 0 saturated carbocycles. The number of carbonyl (C=O) groups excluding carboxylic acids is 1. The third-order valence-corrected chi connectivity index (χ3v) is 3.77. The van der Waals surface area contributed by atoms with E-state index >= 15 is 0 Å². The van der Waals surface area contributed by atoms with Crippen molar-refractivity contribution in [3.05, 3.63) is 34.9 Å². The summed E-state index contributed by atoms with van der Waals surface area (Å²) in [5, 5.41) is 3.68. The first-order chi connectivity index (χ1) is 8.99. The molecule has 0 aliphatic rings. The average Bonchev–Trinajstić information content (AvgIpc) is 2.42. The standard InChI is InChI=1S/C15H23ClN2O/c1-4-10(3)14(17)15(19)18-13(5-2)11-7-6-8-12(16)9-11/h6-10,13-14H,4-5,17H2,1-3H3,(H,18,19)/t10-,13?,14-/m0/s1. The minimum atomic E-state index is -0.460. The van der Waals surface area contributed by atoms with E-state index in [2.05, 4.69) is 5.32 Å². The fourth-order valence-electron chi connectivity index (χ4n) is 1.92. The quantitative estimate of drug-likeness (QED) is 0.841. The normalized spacial score (nSPS) is 15.6. The van der Waals surface area contributed by atoms with Gasteiger partial charge in [-0.2, -0.15) is 0 Å². The number of hydrogen-bond acceptors (Lipinski definition) is 2. The lowest BCUT2D eigenvalue weighted by molar-refractivity contribution is -0.124. The molecule has 0 saturated heterocycles. The van der Waals surface area contributed by atoms with Gasteiger partial charge >= 0.3 is 0 Å². The van der Waals surface area contributed by atoms with Crippen molar-refractivity contribution in [3.8, 4) is 0 Å². The molecule has 0 fully saturated rings. The Kier molecular flexibility index (Phi) is 6.32. The number of nitrogens with two attached hydrogens (primary N) is 1. The Morgan fingerprint density at radius 3 is 2.58 bits per heavy atom. The number of rotatable bonds is 6. The second-order valence-corrected chi connectivity index (χ2v) is 5.37. The highest BCUT2D eigenvalue weighted by molar-refractivity contribution is 6.30. The predicted molar refractivity (Wildman–Crippen MR) is 80.1 cm³/mol. The first kappa shape index (κ1) is 16.0. The summed E-state index contributed by atoms with van der Waals surface area (Å²) >= 11 is 5.98. The van der Waals surface area contributed by atoms with Crippen molar-refractivity contribution in [1.82, 2.24) is 5.32 Å². The van der Waals surface area contributed by atoms with Crippen LogP contribution in [0.25, 0.3) is 0 Å². The number of benzene rings is 1. The van der Waals surface area contributed by atoms with Gasteiger partial charge in [0, 0.05) is 5.02 Å². The summed E-state index contributed by atoms with van der Waals surface area (Å²) in [6.45, 7) is 6.05. The van der Waals surface area contributed by atoms with Gasteiger partial charge in [0.2, 0.25) is 5.91 Å². The number of halogens is 1. The van der Waals surface area contributed by atoms with Gasteiger partial charge in [0.15, 0.2) is 0 Å². The zero-order valence-corrected chi connectivity index (χ0v) is 12.6. The third-order valence-electron chi connectivity index (χ3n) is 3.54. The smallest absolute Gasteiger partial charge is 0.237 e. The highest BCUT2D eigenvalue weighted by Gasteiger charge is 2.22. The van der Waals surface area contributed by atoms with E-state index in [1.165, 1.54) is 0 Å². The van der Waals surface area contributed by atoms with E-state index in [1.54, 1.807) is 0 Å². The molecule has 0 radical (unpaired) electrons. The van der Waals surface area contributed by atoms with Crippen molar-refractivity contribution in [1.29, 1.82) is 0 Å². The molecule has 0 spiro atoms. The van der Waals surface area contributed by atoms with Crippen LogP contribution in [0.2, 0.25) is 5.02 Å². The summed E-state index contributed by atoms with van der Waals surface area (Å²) in [6, 6.07) is 7.06. The van der Waals surface area contributed by atoms with Crippen molar-refractivity contribution in [2.45, 2.75) is 45.7 Å². The van der Waals surface area contributed by atoms with Crippen LogP contribution >= 0.6 is 11.6 Å². The number of carbonyl (C=O) groups is 1. The molecule has 4 heteroatoms. The Bertz CT molecular complexity index is 422. The van der Waals surface area contributed by atoms with Crippen LogP contribution in [0.4, 0.5) is 0 Å². The molecule has 1 aromatic carbocycles. The summed E-state index contributed by atoms with van der Waals surface area (Å²) in [5.41, 5.74) is 6.96. The van der Waals surface area contributed by atoms with Crippen molar-refractivity contribution in [2.24, 2.45) is 11.7 Å². The van der Waals surface area contributed by atoms with Gasteiger partial charge in [0.25, 0.3) is 0 Å². The van der Waals surface area contributed by atoms with E-state index in [-0.39, 0.29) is 17.9 Å². The molecule has 1 amide bonds. The summed E-state index contributed by atoms with van der Waals surface area (Å²) in [4.78, 5) is 12.1. The van der Waals surface area contributed by atoms with Gasteiger partial charge in [-0.15, -0.1) is 0 Å². The Morgan fingerprint density at radius 1 is 1.37 bits per heavy atom. The molecule has 19 heavy (non-hydrogen) atoms. The van der Waals surface area contributed by atoms with Gasteiger partial charge in [-0.3, -0.25) is 4.79 Å². The molecule has 3 atom stereocenters. The Hall–Kier alpha value is -1.06. The predicted octanol–water partition coefficient (Wildman–Crippen LogP) is 3.28. The van der Waals surface area contributed by atoms with E-state index in [0.717, 1.165) is 18.4 Å². The van der Waals surface area contributed by atoms with E-state index in [0.29, 0.717) is 5.02 Å². The second kappa shape index (κ2) is 7.51. The Labute approximate surface area is 120 Å². The number of nitrogens with one attached hydrogen (secondary N) is 1. The van der Waals surface area contributed by atoms with Crippen molar-refractivity contribution < 1.29 is 4.79 Å². The van der Waals surface area contributed by atoms with Gasteiger partial charge < -0.3 is 11.1 Å². The molecule has 106 valence electrons. The lowest BCUT2D eigenvalue weighted by Gasteiger charge is -2.23. The molecule has 0 aliphatic carbocycles. The van der Waals surface area contributed by atoms with Gasteiger partial charge in [-0.25, -0.2) is 0 Å². The second-order valence-electron chi connectivity index (χ2n) is 4.94. The van der Waals surface area contributed by atoms with Crippen LogP contribution in [-0.4, -0.2) is 11.9 Å². The maximum atomic E-state index is 12.1. The van der Waals surface area contributed by atoms with Crippen LogP contribution in [0.5, 0.6) is 0 Å². The molecule has 0 aliphatic heterocycles. The molecule has 3 N–H and O–H groups in total. The SMILES string of the molecule is CCC(NC(=O)[C@@H](N)[C@@H](C)CC)c1cccc(Cl)c1. The number of amides is 1. The summed E-state index contributed by atoms with van der Waals surface area (Å²) in [6.07, 6.45) is 1.70. The zero-order chi connectivity index (χ0) is 14.4. The van der Waals surface area contributed by atoms with Crippen molar-refractivity contribution >= 4 is 17.5 Å². The highest BCUT2D eigenvalue weighted by atomic mass is 35.5. The van der Waals surface area contributed by atoms with Crippen LogP contribution < -0.4 is 11.1 Å².